The van der Waals surface area contributed by atoms with E-state index in [4.69, 9.17) is 9.47 Å². The maximum absolute atomic E-state index is 13.3. The third-order valence-electron chi connectivity index (χ3n) is 6.23. The molecule has 1 heterocycles. The highest BCUT2D eigenvalue weighted by molar-refractivity contribution is 7.98. The van der Waals surface area contributed by atoms with Crippen molar-refractivity contribution in [2.75, 3.05) is 31.0 Å². The minimum Gasteiger partial charge on any atom is -0.467 e. The van der Waals surface area contributed by atoms with Crippen molar-refractivity contribution in [2.45, 2.75) is 57.4 Å². The number of aliphatic hydroxyl groups excluding tert-OH is 1. The zero-order valence-corrected chi connectivity index (χ0v) is 24.2. The van der Waals surface area contributed by atoms with Crippen LogP contribution in [0.25, 0.3) is 11.1 Å². The number of carbonyl (C=O) groups excluding carboxylic acids is 4. The Balaban J connectivity index is 1.87. The number of nitrogens with zero attached hydrogens (tertiary/aromatic N) is 1. The topological polar surface area (TPSA) is 134 Å². The summed E-state index contributed by atoms with van der Waals surface area (Å²) in [5.41, 5.74) is 1.23. The molecule has 1 unspecified atom stereocenters. The van der Waals surface area contributed by atoms with Gasteiger partial charge in [0.25, 0.3) is 5.91 Å². The summed E-state index contributed by atoms with van der Waals surface area (Å²) in [7, 11) is 1.28. The molecule has 11 heteroatoms. The molecule has 0 spiro atoms. The quantitative estimate of drug-likeness (QED) is 0.388. The molecule has 40 heavy (non-hydrogen) atoms. The van der Waals surface area contributed by atoms with E-state index in [1.807, 2.05) is 36.6 Å². The van der Waals surface area contributed by atoms with Crippen LogP contribution in [0.5, 0.6) is 0 Å². The first-order valence-corrected chi connectivity index (χ1v) is 14.4. The summed E-state index contributed by atoms with van der Waals surface area (Å²) in [6, 6.07) is 12.3. The number of thioether (sulfide) groups is 1. The highest BCUT2D eigenvalue weighted by Crippen LogP contribution is 2.29. The van der Waals surface area contributed by atoms with Gasteiger partial charge in [-0.25, -0.2) is 9.59 Å². The standard InChI is InChI=1S/C29H37N3O7S/c1-29(2,3)39-28(37)32-17-20(33)16-24(32)26(35)30-19-11-12-21(22(15-19)18-9-7-6-8-10-18)25(34)31-23(13-14-40-5)27(36)38-4/h6-12,15,20,23-24,33H,13-14,16-17H2,1-5H3,(H,30,35)(H,31,34)/t20?,23-,24-/m0/s1. The fourth-order valence-corrected chi connectivity index (χ4v) is 4.82. The molecule has 1 fully saturated rings. The first-order chi connectivity index (χ1) is 18.9. The highest BCUT2D eigenvalue weighted by atomic mass is 32.2. The van der Waals surface area contributed by atoms with Gasteiger partial charge in [-0.15, -0.1) is 0 Å². The van der Waals surface area contributed by atoms with Crippen LogP contribution < -0.4 is 10.6 Å². The molecule has 216 valence electrons. The van der Waals surface area contributed by atoms with E-state index in [1.54, 1.807) is 50.7 Å². The molecule has 3 rings (SSSR count). The molecule has 0 radical (unpaired) electrons. The van der Waals surface area contributed by atoms with Crippen molar-refractivity contribution in [3.05, 3.63) is 54.1 Å². The van der Waals surface area contributed by atoms with Gasteiger partial charge in [-0.05, 0) is 68.5 Å². The molecule has 0 aliphatic carbocycles. The number of anilines is 1. The second-order valence-corrected chi connectivity index (χ2v) is 11.5. The van der Waals surface area contributed by atoms with Crippen LogP contribution in [0.1, 0.15) is 44.0 Å². The molecule has 1 saturated heterocycles. The van der Waals surface area contributed by atoms with Gasteiger partial charge in [0.05, 0.1) is 19.8 Å². The largest absolute Gasteiger partial charge is 0.467 e. The Morgan fingerprint density at radius 2 is 1.82 bits per heavy atom. The highest BCUT2D eigenvalue weighted by Gasteiger charge is 2.41. The van der Waals surface area contributed by atoms with Gasteiger partial charge in [0, 0.05) is 17.7 Å². The second kappa shape index (κ2) is 13.7. The second-order valence-electron chi connectivity index (χ2n) is 10.5. The lowest BCUT2D eigenvalue weighted by molar-refractivity contribution is -0.142. The SMILES string of the molecule is COC(=O)[C@H](CCSC)NC(=O)c1ccc(NC(=O)[C@@H]2CC(O)CN2C(=O)OC(C)(C)C)cc1-c1ccccc1. The van der Waals surface area contributed by atoms with E-state index in [0.717, 1.165) is 5.56 Å². The lowest BCUT2D eigenvalue weighted by Gasteiger charge is -2.28. The van der Waals surface area contributed by atoms with Gasteiger partial charge in [-0.3, -0.25) is 14.5 Å². The summed E-state index contributed by atoms with van der Waals surface area (Å²) in [6.07, 6.45) is 0.860. The maximum atomic E-state index is 13.3. The van der Waals surface area contributed by atoms with Gasteiger partial charge in [-0.1, -0.05) is 30.3 Å². The third-order valence-corrected chi connectivity index (χ3v) is 6.87. The van der Waals surface area contributed by atoms with Crippen molar-refractivity contribution < 1.29 is 33.8 Å². The molecule has 10 nitrogen and oxygen atoms in total. The number of aliphatic hydroxyl groups is 1. The lowest BCUT2D eigenvalue weighted by atomic mass is 9.97. The molecular weight excluding hydrogens is 534 g/mol. The number of hydrogen-bond acceptors (Lipinski definition) is 8. The fraction of sp³-hybridized carbons (Fsp3) is 0.448. The molecule has 1 aliphatic heterocycles. The predicted octanol–water partition coefficient (Wildman–Crippen LogP) is 3.69. The van der Waals surface area contributed by atoms with Crippen molar-refractivity contribution in [1.82, 2.24) is 10.2 Å². The average molecular weight is 572 g/mol. The zero-order valence-electron chi connectivity index (χ0n) is 23.4. The van der Waals surface area contributed by atoms with Crippen LogP contribution in [0.3, 0.4) is 0 Å². The maximum Gasteiger partial charge on any atom is 0.411 e. The van der Waals surface area contributed by atoms with Crippen molar-refractivity contribution in [3.8, 4) is 11.1 Å². The number of nitrogens with one attached hydrogen (secondary N) is 2. The number of hydrogen-bond donors (Lipinski definition) is 3. The molecule has 0 aromatic heterocycles. The molecule has 3 amide bonds. The Morgan fingerprint density at radius 1 is 1.12 bits per heavy atom. The van der Waals surface area contributed by atoms with Crippen LogP contribution in [0.15, 0.2) is 48.5 Å². The van der Waals surface area contributed by atoms with Gasteiger partial charge in [0.1, 0.15) is 17.7 Å². The van der Waals surface area contributed by atoms with Gasteiger partial charge >= 0.3 is 12.1 Å². The summed E-state index contributed by atoms with van der Waals surface area (Å²) < 4.78 is 10.3. The Bertz CT molecular complexity index is 1220. The summed E-state index contributed by atoms with van der Waals surface area (Å²) in [4.78, 5) is 52.8. The van der Waals surface area contributed by atoms with E-state index in [1.165, 1.54) is 12.0 Å². The van der Waals surface area contributed by atoms with Crippen LogP contribution >= 0.6 is 11.8 Å². The van der Waals surface area contributed by atoms with E-state index in [9.17, 15) is 24.3 Å². The molecule has 0 bridgehead atoms. The van der Waals surface area contributed by atoms with Gasteiger partial charge < -0.3 is 25.2 Å². The summed E-state index contributed by atoms with van der Waals surface area (Å²) in [6.45, 7) is 5.17. The third kappa shape index (κ3) is 8.22. The molecular formula is C29H37N3O7S. The molecule has 2 aromatic carbocycles. The minimum absolute atomic E-state index is 0.0146. The van der Waals surface area contributed by atoms with E-state index < -0.39 is 47.7 Å². The van der Waals surface area contributed by atoms with Gasteiger partial charge in [0.2, 0.25) is 5.91 Å². The first kappa shape index (κ1) is 31.0. The number of esters is 1. The average Bonchev–Trinajstić information content (AvgIpc) is 3.32. The van der Waals surface area contributed by atoms with Crippen molar-refractivity contribution >= 4 is 41.3 Å². The van der Waals surface area contributed by atoms with Gasteiger partial charge in [0.15, 0.2) is 0 Å². The molecule has 0 saturated carbocycles. The number of rotatable bonds is 9. The van der Waals surface area contributed by atoms with E-state index in [-0.39, 0.29) is 13.0 Å². The number of methoxy groups -OCH3 is 1. The number of amides is 3. The van der Waals surface area contributed by atoms with Gasteiger partial charge in [-0.2, -0.15) is 11.8 Å². The van der Waals surface area contributed by atoms with Crippen LogP contribution in [-0.4, -0.2) is 83.3 Å². The van der Waals surface area contributed by atoms with E-state index >= 15 is 0 Å². The first-order valence-electron chi connectivity index (χ1n) is 13.0. The Morgan fingerprint density at radius 3 is 2.45 bits per heavy atom. The van der Waals surface area contributed by atoms with Crippen LogP contribution in [0, 0.1) is 0 Å². The Labute approximate surface area is 238 Å². The number of β-amino-alcohol motifs (C(OH)–C–C–N with tert-alkyl or cyclic N) is 1. The number of carbonyl (C=O) groups is 4. The van der Waals surface area contributed by atoms with E-state index in [0.29, 0.717) is 29.0 Å². The number of benzene rings is 2. The minimum atomic E-state index is -0.926. The molecule has 1 aliphatic rings. The summed E-state index contributed by atoms with van der Waals surface area (Å²) in [5.74, 6) is -0.808. The summed E-state index contributed by atoms with van der Waals surface area (Å²) in [5, 5.41) is 15.8. The molecule has 3 N–H and O–H groups in total. The Hall–Kier alpha value is -3.57. The van der Waals surface area contributed by atoms with Crippen LogP contribution in [-0.2, 0) is 19.1 Å². The summed E-state index contributed by atoms with van der Waals surface area (Å²) >= 11 is 1.56. The van der Waals surface area contributed by atoms with Crippen LogP contribution in [0.4, 0.5) is 10.5 Å². The normalized spacial score (nSPS) is 17.6. The smallest absolute Gasteiger partial charge is 0.411 e. The lowest BCUT2D eigenvalue weighted by Crippen LogP contribution is -2.45. The fourth-order valence-electron chi connectivity index (χ4n) is 4.35. The van der Waals surface area contributed by atoms with Crippen molar-refractivity contribution in [2.24, 2.45) is 0 Å². The van der Waals surface area contributed by atoms with Crippen LogP contribution in [0.2, 0.25) is 0 Å². The number of ether oxygens (including phenoxy) is 2. The number of likely N-dealkylation sites (tertiary alicyclic amines) is 1. The van der Waals surface area contributed by atoms with Crippen molar-refractivity contribution in [3.63, 3.8) is 0 Å². The monoisotopic (exact) mass is 571 g/mol. The van der Waals surface area contributed by atoms with E-state index in [2.05, 4.69) is 10.6 Å². The molecule has 3 atom stereocenters. The Kier molecular flexibility index (Phi) is 10.6. The zero-order chi connectivity index (χ0) is 29.4. The predicted molar refractivity (Wildman–Crippen MR) is 154 cm³/mol. The molecule has 2 aromatic rings. The van der Waals surface area contributed by atoms with Crippen molar-refractivity contribution in [1.29, 1.82) is 0 Å².